The fourth-order valence-electron chi connectivity index (χ4n) is 4.44. The van der Waals surface area contributed by atoms with E-state index in [1.54, 1.807) is 60.9 Å². The number of benzene rings is 2. The van der Waals surface area contributed by atoms with Crippen molar-refractivity contribution in [3.8, 4) is 5.75 Å². The second-order valence-corrected chi connectivity index (χ2v) is 8.77. The summed E-state index contributed by atoms with van der Waals surface area (Å²) >= 11 is 6.24. The largest absolute Gasteiger partial charge is 0.507 e. The number of nitrogens with zero attached hydrogens (tertiary/aromatic N) is 3. The van der Waals surface area contributed by atoms with Gasteiger partial charge in [0, 0.05) is 35.7 Å². The Kier molecular flexibility index (Phi) is 5.49. The van der Waals surface area contributed by atoms with Gasteiger partial charge < -0.3 is 14.7 Å². The summed E-state index contributed by atoms with van der Waals surface area (Å²) in [4.78, 5) is 34.2. The zero-order valence-corrected chi connectivity index (χ0v) is 19.4. The number of carbonyl (C=O) groups is 2. The van der Waals surface area contributed by atoms with E-state index in [0.717, 1.165) is 11.3 Å². The molecule has 172 valence electrons. The fourth-order valence-corrected chi connectivity index (χ4v) is 4.60. The monoisotopic (exact) mass is 475 g/mol. The lowest BCUT2D eigenvalue weighted by atomic mass is 9.95. The molecular formula is C26H22ClN3O4. The molecule has 1 amide bonds. The van der Waals surface area contributed by atoms with Crippen molar-refractivity contribution in [1.82, 2.24) is 4.98 Å². The van der Waals surface area contributed by atoms with Gasteiger partial charge in [0.15, 0.2) is 0 Å². The van der Waals surface area contributed by atoms with Gasteiger partial charge in [0.25, 0.3) is 11.7 Å². The van der Waals surface area contributed by atoms with Crippen LogP contribution in [0, 0.1) is 6.92 Å². The SMILES string of the molecule is Cc1ccc(Cl)cc1N1C(=O)C(=O)/C(=C(\O)c2ccc3c(c2)N(C)CCO3)C1c1ccncc1. The van der Waals surface area contributed by atoms with Crippen molar-refractivity contribution in [2.24, 2.45) is 0 Å². The van der Waals surface area contributed by atoms with Crippen molar-refractivity contribution >= 4 is 40.4 Å². The summed E-state index contributed by atoms with van der Waals surface area (Å²) in [7, 11) is 1.93. The zero-order chi connectivity index (χ0) is 24.0. The summed E-state index contributed by atoms with van der Waals surface area (Å²) in [6, 6.07) is 13.0. The number of hydrogen-bond donors (Lipinski definition) is 1. The molecule has 0 spiro atoms. The third-order valence-corrected chi connectivity index (χ3v) is 6.46. The third-order valence-electron chi connectivity index (χ3n) is 6.22. The molecule has 1 unspecified atom stereocenters. The summed E-state index contributed by atoms with van der Waals surface area (Å²) in [5, 5.41) is 11.8. The number of amides is 1. The quantitative estimate of drug-likeness (QED) is 0.341. The normalized spacial score (nSPS) is 19.2. The Morgan fingerprint density at radius 1 is 1.09 bits per heavy atom. The minimum absolute atomic E-state index is 0.00917. The molecule has 3 aromatic rings. The summed E-state index contributed by atoms with van der Waals surface area (Å²) in [6.45, 7) is 3.11. The van der Waals surface area contributed by atoms with Crippen LogP contribution in [0.3, 0.4) is 0 Å². The number of hydrogen-bond acceptors (Lipinski definition) is 6. The van der Waals surface area contributed by atoms with Gasteiger partial charge in [0.05, 0.1) is 23.8 Å². The van der Waals surface area contributed by atoms with Crippen LogP contribution in [0.4, 0.5) is 11.4 Å². The Morgan fingerprint density at radius 2 is 1.85 bits per heavy atom. The van der Waals surface area contributed by atoms with Gasteiger partial charge in [-0.1, -0.05) is 17.7 Å². The molecule has 5 rings (SSSR count). The molecule has 2 aromatic carbocycles. The molecule has 3 heterocycles. The predicted octanol–water partition coefficient (Wildman–Crippen LogP) is 4.50. The van der Waals surface area contributed by atoms with Crippen LogP contribution in [0.15, 0.2) is 66.5 Å². The summed E-state index contributed by atoms with van der Waals surface area (Å²) in [5.41, 5.74) is 3.17. The molecular weight excluding hydrogens is 454 g/mol. The second-order valence-electron chi connectivity index (χ2n) is 8.33. The summed E-state index contributed by atoms with van der Waals surface area (Å²) in [5.74, 6) is -1.04. The zero-order valence-electron chi connectivity index (χ0n) is 18.7. The highest BCUT2D eigenvalue weighted by Gasteiger charge is 2.47. The van der Waals surface area contributed by atoms with Gasteiger partial charge in [-0.05, 0) is 60.5 Å². The number of anilines is 2. The number of ketones is 1. The number of fused-ring (bicyclic) bond motifs is 1. The first-order valence-electron chi connectivity index (χ1n) is 10.8. The van der Waals surface area contributed by atoms with Crippen LogP contribution in [-0.2, 0) is 9.59 Å². The molecule has 0 aliphatic carbocycles. The summed E-state index contributed by atoms with van der Waals surface area (Å²) in [6.07, 6.45) is 3.18. The van der Waals surface area contributed by atoms with Crippen LogP contribution < -0.4 is 14.5 Å². The van der Waals surface area contributed by atoms with Crippen LogP contribution in [0.5, 0.6) is 5.75 Å². The Hall–Kier alpha value is -3.84. The van der Waals surface area contributed by atoms with E-state index in [-0.39, 0.29) is 11.3 Å². The van der Waals surface area contributed by atoms with Gasteiger partial charge in [0.2, 0.25) is 0 Å². The predicted molar refractivity (Wildman–Crippen MR) is 130 cm³/mol. The fraction of sp³-hybridized carbons (Fsp3) is 0.192. The molecule has 7 nitrogen and oxygen atoms in total. The molecule has 0 bridgehead atoms. The number of aromatic nitrogens is 1. The van der Waals surface area contributed by atoms with Crippen LogP contribution >= 0.6 is 11.6 Å². The van der Waals surface area contributed by atoms with Crippen molar-refractivity contribution < 1.29 is 19.4 Å². The minimum atomic E-state index is -0.842. The molecule has 8 heteroatoms. The molecule has 2 aliphatic rings. The van der Waals surface area contributed by atoms with Crippen molar-refractivity contribution in [2.75, 3.05) is 30.0 Å². The van der Waals surface area contributed by atoms with Crippen LogP contribution in [0.1, 0.15) is 22.7 Å². The molecule has 1 aromatic heterocycles. The Balaban J connectivity index is 1.72. The van der Waals surface area contributed by atoms with Gasteiger partial charge in [-0.3, -0.25) is 19.5 Å². The van der Waals surface area contributed by atoms with Crippen molar-refractivity contribution in [3.05, 3.63) is 88.2 Å². The number of aryl methyl sites for hydroxylation is 1. The Bertz CT molecular complexity index is 1340. The molecule has 2 aliphatic heterocycles. The lowest BCUT2D eigenvalue weighted by Crippen LogP contribution is -2.30. The topological polar surface area (TPSA) is 83.0 Å². The third kappa shape index (κ3) is 3.58. The number of carbonyl (C=O) groups excluding carboxylic acids is 2. The first-order chi connectivity index (χ1) is 16.4. The van der Waals surface area contributed by atoms with E-state index in [4.69, 9.17) is 16.3 Å². The maximum atomic E-state index is 13.3. The number of halogens is 1. The maximum absolute atomic E-state index is 13.3. The van der Waals surface area contributed by atoms with E-state index < -0.39 is 17.7 Å². The standard InChI is InChI=1S/C26H22ClN3O4/c1-15-3-5-18(27)14-19(15)30-23(16-7-9-28-10-8-16)22(25(32)26(30)33)24(31)17-4-6-21-20(13-17)29(2)11-12-34-21/h3-10,13-14,23,31H,11-12H2,1-2H3/b24-22-. The highest BCUT2D eigenvalue weighted by Crippen LogP contribution is 2.44. The van der Waals surface area contributed by atoms with Crippen molar-refractivity contribution in [2.45, 2.75) is 13.0 Å². The molecule has 0 saturated carbocycles. The number of ether oxygens (including phenoxy) is 1. The van der Waals surface area contributed by atoms with Gasteiger partial charge in [-0.2, -0.15) is 0 Å². The average molecular weight is 476 g/mol. The van der Waals surface area contributed by atoms with Gasteiger partial charge >= 0.3 is 0 Å². The second kappa shape index (κ2) is 8.50. The van der Waals surface area contributed by atoms with Crippen LogP contribution in [0.2, 0.25) is 5.02 Å². The molecule has 1 N–H and O–H groups in total. The molecule has 0 radical (unpaired) electrons. The first kappa shape index (κ1) is 22.0. The number of likely N-dealkylation sites (N-methyl/N-ethyl adjacent to an activating group) is 1. The molecule has 1 saturated heterocycles. The maximum Gasteiger partial charge on any atom is 0.300 e. The van der Waals surface area contributed by atoms with Crippen molar-refractivity contribution in [3.63, 3.8) is 0 Å². The molecule has 1 atom stereocenters. The Morgan fingerprint density at radius 3 is 2.62 bits per heavy atom. The highest BCUT2D eigenvalue weighted by molar-refractivity contribution is 6.52. The number of pyridine rings is 1. The minimum Gasteiger partial charge on any atom is -0.507 e. The number of rotatable bonds is 3. The lowest BCUT2D eigenvalue weighted by Gasteiger charge is -2.28. The highest BCUT2D eigenvalue weighted by atomic mass is 35.5. The smallest absolute Gasteiger partial charge is 0.300 e. The molecule has 34 heavy (non-hydrogen) atoms. The summed E-state index contributed by atoms with van der Waals surface area (Å²) < 4.78 is 5.69. The first-order valence-corrected chi connectivity index (χ1v) is 11.2. The van der Waals surface area contributed by atoms with E-state index in [1.165, 1.54) is 4.90 Å². The Labute approximate surface area is 201 Å². The van der Waals surface area contributed by atoms with E-state index >= 15 is 0 Å². The number of aliphatic hydroxyl groups is 1. The number of aliphatic hydroxyl groups excluding tert-OH is 1. The van der Waals surface area contributed by atoms with E-state index in [1.807, 2.05) is 18.9 Å². The van der Waals surface area contributed by atoms with Crippen LogP contribution in [-0.4, -0.2) is 42.0 Å². The van der Waals surface area contributed by atoms with Crippen molar-refractivity contribution in [1.29, 1.82) is 0 Å². The lowest BCUT2D eigenvalue weighted by molar-refractivity contribution is -0.132. The van der Waals surface area contributed by atoms with E-state index in [9.17, 15) is 14.7 Å². The van der Waals surface area contributed by atoms with Gasteiger partial charge in [-0.25, -0.2) is 0 Å². The average Bonchev–Trinajstić information content (AvgIpc) is 3.11. The van der Waals surface area contributed by atoms with Gasteiger partial charge in [-0.15, -0.1) is 0 Å². The molecule has 1 fully saturated rings. The van der Waals surface area contributed by atoms with Crippen LogP contribution in [0.25, 0.3) is 5.76 Å². The van der Waals surface area contributed by atoms with Gasteiger partial charge in [0.1, 0.15) is 18.1 Å². The van der Waals surface area contributed by atoms with E-state index in [2.05, 4.69) is 4.98 Å². The van der Waals surface area contributed by atoms with E-state index in [0.29, 0.717) is 40.7 Å². The number of Topliss-reactive ketones (excluding diaryl/α,β-unsaturated/α-hetero) is 1.